The largest absolute Gasteiger partial charge is 0.307 e. The Balaban J connectivity index is 1.21. The highest BCUT2D eigenvalue weighted by molar-refractivity contribution is 6.05. The van der Waals surface area contributed by atoms with Crippen molar-refractivity contribution < 1.29 is 9.39 Å². The molecule has 1 amide bonds. The number of aliphatic imine (C=N–C) groups is 2. The Labute approximate surface area is 228 Å². The number of aromatic nitrogens is 1. The SMILES string of the molecule is N[N+]12C=CN=CC1=C(C1CCCN(CCc3ccccc3)C1)N=C2c1ccc(C(=O)Nc2ccccn2)cc1. The van der Waals surface area contributed by atoms with E-state index in [1.54, 1.807) is 30.6 Å². The molecule has 1 saturated heterocycles. The quantitative estimate of drug-likeness (QED) is 0.355. The summed E-state index contributed by atoms with van der Waals surface area (Å²) in [5.74, 6) is 8.29. The summed E-state index contributed by atoms with van der Waals surface area (Å²) >= 11 is 0. The molecule has 8 heteroatoms. The predicted octanol–water partition coefficient (Wildman–Crippen LogP) is 4.51. The summed E-state index contributed by atoms with van der Waals surface area (Å²) in [5.41, 5.74) is 4.71. The molecule has 1 aromatic heterocycles. The number of fused-ring (bicyclic) bond motifs is 1. The zero-order valence-corrected chi connectivity index (χ0v) is 21.8. The summed E-state index contributed by atoms with van der Waals surface area (Å²) in [7, 11) is 0. The molecule has 2 atom stereocenters. The number of carbonyl (C=O) groups excluding carboxylic acids is 1. The minimum absolute atomic E-state index is 0.0151. The average Bonchev–Trinajstić information content (AvgIpc) is 3.30. The molecule has 196 valence electrons. The van der Waals surface area contributed by atoms with Gasteiger partial charge in [0.15, 0.2) is 0 Å². The van der Waals surface area contributed by atoms with Crippen LogP contribution < -0.4 is 11.2 Å². The number of pyridine rings is 1. The number of piperidine rings is 1. The number of nitrogens with zero attached hydrogens (tertiary/aromatic N) is 5. The van der Waals surface area contributed by atoms with Gasteiger partial charge in [0.25, 0.3) is 11.7 Å². The van der Waals surface area contributed by atoms with Gasteiger partial charge in [-0.2, -0.15) is 10.8 Å². The molecule has 4 heterocycles. The van der Waals surface area contributed by atoms with E-state index in [1.807, 2.05) is 36.7 Å². The van der Waals surface area contributed by atoms with Crippen LogP contribution in [-0.4, -0.2) is 52.1 Å². The van der Waals surface area contributed by atoms with Gasteiger partial charge in [-0.05, 0) is 67.8 Å². The number of nitrogens with one attached hydrogen (secondary N) is 1. The van der Waals surface area contributed by atoms with E-state index in [1.165, 1.54) is 5.56 Å². The maximum Gasteiger partial charge on any atom is 0.264 e. The van der Waals surface area contributed by atoms with Crippen molar-refractivity contribution in [1.29, 1.82) is 0 Å². The first-order chi connectivity index (χ1) is 19.1. The van der Waals surface area contributed by atoms with Gasteiger partial charge in [0.2, 0.25) is 5.70 Å². The minimum Gasteiger partial charge on any atom is -0.307 e. The first-order valence-corrected chi connectivity index (χ1v) is 13.4. The second-order valence-electron chi connectivity index (χ2n) is 10.2. The minimum atomic E-state index is -0.215. The number of carbonyl (C=O) groups is 1. The predicted molar refractivity (Wildman–Crippen MR) is 154 cm³/mol. The van der Waals surface area contributed by atoms with E-state index in [4.69, 9.17) is 10.8 Å². The fourth-order valence-corrected chi connectivity index (χ4v) is 5.52. The molecule has 3 N–H and O–H groups in total. The molecule has 0 aliphatic carbocycles. The van der Waals surface area contributed by atoms with E-state index < -0.39 is 0 Å². The summed E-state index contributed by atoms with van der Waals surface area (Å²) < 4.78 is -0.0151. The van der Waals surface area contributed by atoms with Crippen LogP contribution in [0.4, 0.5) is 5.82 Å². The summed E-state index contributed by atoms with van der Waals surface area (Å²) in [6.45, 7) is 3.08. The van der Waals surface area contributed by atoms with E-state index in [0.717, 1.165) is 61.7 Å². The molecule has 1 fully saturated rings. The standard InChI is InChI=1S/C31H31N7O/c32-38-20-17-33-21-27(38)29(26-9-6-18-37(22-26)19-15-23-7-2-1-3-8-23)36-30(38)24-11-13-25(14-12-24)31(39)35-28-10-4-5-16-34-28/h1-5,7-8,10-14,16-17,20-21,26H,6,9,15,18-19,22,32H2/p+1. The van der Waals surface area contributed by atoms with Gasteiger partial charge in [-0.1, -0.05) is 36.4 Å². The first-order valence-electron chi connectivity index (χ1n) is 13.4. The summed E-state index contributed by atoms with van der Waals surface area (Å²) in [6, 6.07) is 23.5. The molecule has 3 aromatic rings. The third kappa shape index (κ3) is 5.22. The van der Waals surface area contributed by atoms with Crippen molar-refractivity contribution in [1.82, 2.24) is 9.88 Å². The number of anilines is 1. The summed E-state index contributed by atoms with van der Waals surface area (Å²) in [6.07, 6.45) is 10.3. The topological polar surface area (TPSA) is 96.0 Å². The average molecular weight is 519 g/mol. The first kappa shape index (κ1) is 25.1. The van der Waals surface area contributed by atoms with E-state index >= 15 is 0 Å². The van der Waals surface area contributed by atoms with Crippen LogP contribution in [0.2, 0.25) is 0 Å². The number of likely N-dealkylation sites (tertiary alicyclic amines) is 1. The van der Waals surface area contributed by atoms with Crippen LogP contribution in [0, 0.1) is 5.92 Å². The lowest BCUT2D eigenvalue weighted by Gasteiger charge is -2.32. The monoisotopic (exact) mass is 518 g/mol. The Hall–Kier alpha value is -4.24. The number of hydrogen-bond acceptors (Lipinski definition) is 6. The van der Waals surface area contributed by atoms with Gasteiger partial charge in [0.05, 0.1) is 18.0 Å². The zero-order chi connectivity index (χ0) is 26.7. The van der Waals surface area contributed by atoms with E-state index in [2.05, 4.69) is 50.5 Å². The third-order valence-corrected chi connectivity index (χ3v) is 7.59. The van der Waals surface area contributed by atoms with Crippen LogP contribution >= 0.6 is 0 Å². The number of rotatable bonds is 7. The lowest BCUT2D eigenvalue weighted by Crippen LogP contribution is -2.53. The molecule has 39 heavy (non-hydrogen) atoms. The van der Waals surface area contributed by atoms with Crippen molar-refractivity contribution in [2.75, 3.05) is 25.0 Å². The second kappa shape index (κ2) is 10.9. The Morgan fingerprint density at radius 2 is 1.87 bits per heavy atom. The van der Waals surface area contributed by atoms with Crippen LogP contribution in [0.5, 0.6) is 0 Å². The number of hydrogen-bond donors (Lipinski definition) is 2. The fraction of sp³-hybridized carbons (Fsp3) is 0.226. The van der Waals surface area contributed by atoms with Crippen molar-refractivity contribution in [2.45, 2.75) is 19.3 Å². The molecule has 0 spiro atoms. The van der Waals surface area contributed by atoms with Gasteiger partial charge < -0.3 is 10.2 Å². The molecule has 0 saturated carbocycles. The second-order valence-corrected chi connectivity index (χ2v) is 10.2. The van der Waals surface area contributed by atoms with Gasteiger partial charge in [-0.15, -0.1) is 4.59 Å². The lowest BCUT2D eigenvalue weighted by atomic mass is 9.93. The highest BCUT2D eigenvalue weighted by atomic mass is 16.1. The fourth-order valence-electron chi connectivity index (χ4n) is 5.52. The smallest absolute Gasteiger partial charge is 0.264 e. The Morgan fingerprint density at radius 1 is 1.05 bits per heavy atom. The van der Waals surface area contributed by atoms with Gasteiger partial charge in [-0.25, -0.2) is 4.98 Å². The van der Waals surface area contributed by atoms with E-state index in [0.29, 0.717) is 11.4 Å². The third-order valence-electron chi connectivity index (χ3n) is 7.59. The highest BCUT2D eigenvalue weighted by Crippen LogP contribution is 2.37. The van der Waals surface area contributed by atoms with Crippen molar-refractivity contribution in [3.05, 3.63) is 119 Å². The molecule has 2 unspecified atom stereocenters. The molecule has 6 rings (SSSR count). The molecular formula is C31H32N7O+. The number of allylic oxidation sites excluding steroid dienone is 1. The molecule has 2 aromatic carbocycles. The highest BCUT2D eigenvalue weighted by Gasteiger charge is 2.46. The number of amides is 1. The van der Waals surface area contributed by atoms with Crippen molar-refractivity contribution in [3.8, 4) is 0 Å². The molecule has 3 aliphatic rings. The van der Waals surface area contributed by atoms with Crippen molar-refractivity contribution in [3.63, 3.8) is 0 Å². The van der Waals surface area contributed by atoms with Crippen LogP contribution in [0.1, 0.15) is 34.3 Å². The van der Waals surface area contributed by atoms with Gasteiger partial charge >= 0.3 is 0 Å². The van der Waals surface area contributed by atoms with E-state index in [-0.39, 0.29) is 16.4 Å². The Bertz CT molecular complexity index is 1460. The van der Waals surface area contributed by atoms with Crippen LogP contribution in [0.25, 0.3) is 0 Å². The number of benzene rings is 2. The van der Waals surface area contributed by atoms with Crippen LogP contribution in [0.15, 0.2) is 113 Å². The van der Waals surface area contributed by atoms with E-state index in [9.17, 15) is 4.79 Å². The molecule has 3 aliphatic heterocycles. The molecule has 8 nitrogen and oxygen atoms in total. The lowest BCUT2D eigenvalue weighted by molar-refractivity contribution is -0.750. The number of amidine groups is 1. The van der Waals surface area contributed by atoms with Crippen molar-refractivity contribution in [2.24, 2.45) is 21.7 Å². The van der Waals surface area contributed by atoms with Gasteiger partial charge in [-0.3, -0.25) is 9.79 Å². The van der Waals surface area contributed by atoms with Crippen LogP contribution in [0.3, 0.4) is 0 Å². The maximum atomic E-state index is 12.7. The molecule has 0 radical (unpaired) electrons. The number of quaternary nitrogens is 1. The van der Waals surface area contributed by atoms with Gasteiger partial charge in [0.1, 0.15) is 17.7 Å². The Morgan fingerprint density at radius 3 is 2.67 bits per heavy atom. The number of nitrogens with two attached hydrogens (primary N) is 1. The zero-order valence-electron chi connectivity index (χ0n) is 21.8. The summed E-state index contributed by atoms with van der Waals surface area (Å²) in [5, 5.41) is 2.82. The van der Waals surface area contributed by atoms with Crippen molar-refractivity contribution >= 4 is 23.8 Å². The van der Waals surface area contributed by atoms with Crippen LogP contribution in [-0.2, 0) is 6.42 Å². The molecular weight excluding hydrogens is 486 g/mol. The normalized spacial score (nSPS) is 22.5. The van der Waals surface area contributed by atoms with Gasteiger partial charge in [0, 0.05) is 30.8 Å². The Kier molecular flexibility index (Phi) is 6.98. The summed E-state index contributed by atoms with van der Waals surface area (Å²) in [4.78, 5) is 29.0. The maximum absolute atomic E-state index is 12.7. The molecule has 0 bridgehead atoms.